The molecule has 4 aliphatic rings. The molecule has 4 aliphatic carbocycles. The summed E-state index contributed by atoms with van der Waals surface area (Å²) in [6.45, 7) is 10.9. The van der Waals surface area contributed by atoms with Crippen LogP contribution in [0.2, 0.25) is 0 Å². The zero-order valence-electron chi connectivity index (χ0n) is 15.7. The molecule has 4 saturated carbocycles. The molecule has 9 atom stereocenters. The maximum atomic E-state index is 15.1. The van der Waals surface area contributed by atoms with Gasteiger partial charge < -0.3 is 5.11 Å². The molecular weight excluding hydrogens is 299 g/mol. The van der Waals surface area contributed by atoms with Gasteiger partial charge in [-0.05, 0) is 106 Å². The predicted octanol–water partition coefficient (Wildman–Crippen LogP) is 5.53. The Hall–Kier alpha value is -0.370. The minimum Gasteiger partial charge on any atom is -0.390 e. The smallest absolute Gasteiger partial charge is 0.104 e. The van der Waals surface area contributed by atoms with Gasteiger partial charge in [0.25, 0.3) is 0 Å². The minimum absolute atomic E-state index is 0.109. The topological polar surface area (TPSA) is 20.2 Å². The van der Waals surface area contributed by atoms with E-state index in [1.165, 1.54) is 31.3 Å². The Balaban J connectivity index is 1.60. The van der Waals surface area contributed by atoms with E-state index in [4.69, 9.17) is 0 Å². The van der Waals surface area contributed by atoms with E-state index >= 15 is 4.39 Å². The molecule has 0 bridgehead atoms. The van der Waals surface area contributed by atoms with Crippen molar-refractivity contribution in [2.75, 3.05) is 0 Å². The first kappa shape index (κ1) is 17.1. The summed E-state index contributed by atoms with van der Waals surface area (Å²) in [6.07, 6.45) is 7.74. The number of hydrogen-bond acceptors (Lipinski definition) is 1. The first-order valence-electron chi connectivity index (χ1n) is 10.2. The van der Waals surface area contributed by atoms with Gasteiger partial charge in [0, 0.05) is 0 Å². The van der Waals surface area contributed by atoms with E-state index in [0.29, 0.717) is 41.4 Å². The normalized spacial score (nSPS) is 57.0. The highest BCUT2D eigenvalue weighted by molar-refractivity contribution is 5.14. The van der Waals surface area contributed by atoms with Gasteiger partial charge in [0.1, 0.15) is 6.17 Å². The van der Waals surface area contributed by atoms with E-state index in [0.717, 1.165) is 19.3 Å². The molecule has 2 heteroatoms. The molecule has 1 nitrogen and oxygen atoms in total. The Morgan fingerprint density at radius 1 is 1.00 bits per heavy atom. The summed E-state index contributed by atoms with van der Waals surface area (Å²) in [6, 6.07) is 0. The maximum Gasteiger partial charge on any atom is 0.104 e. The Morgan fingerprint density at radius 2 is 1.67 bits per heavy atom. The zero-order valence-corrected chi connectivity index (χ0v) is 15.7. The number of allylic oxidation sites excluding steroid dienone is 1. The van der Waals surface area contributed by atoms with Crippen LogP contribution in [0, 0.1) is 40.9 Å². The third-order valence-electron chi connectivity index (χ3n) is 8.84. The van der Waals surface area contributed by atoms with Crippen molar-refractivity contribution in [2.24, 2.45) is 40.9 Å². The molecule has 4 rings (SSSR count). The molecule has 0 aliphatic heterocycles. The molecule has 24 heavy (non-hydrogen) atoms. The van der Waals surface area contributed by atoms with Crippen molar-refractivity contribution in [3.63, 3.8) is 0 Å². The number of fused-ring (bicyclic) bond motifs is 5. The van der Waals surface area contributed by atoms with Crippen LogP contribution in [0.3, 0.4) is 0 Å². The van der Waals surface area contributed by atoms with Crippen LogP contribution in [0.25, 0.3) is 0 Å². The first-order valence-corrected chi connectivity index (χ1v) is 10.2. The van der Waals surface area contributed by atoms with Crippen molar-refractivity contribution in [2.45, 2.75) is 83.9 Å². The molecule has 0 aromatic carbocycles. The van der Waals surface area contributed by atoms with Gasteiger partial charge in [0.2, 0.25) is 0 Å². The van der Waals surface area contributed by atoms with Crippen LogP contribution in [-0.2, 0) is 0 Å². The average Bonchev–Trinajstić information content (AvgIpc) is 2.85. The number of hydrogen-bond donors (Lipinski definition) is 1. The van der Waals surface area contributed by atoms with Crippen molar-refractivity contribution in [1.29, 1.82) is 0 Å². The van der Waals surface area contributed by atoms with Crippen LogP contribution >= 0.6 is 0 Å². The van der Waals surface area contributed by atoms with E-state index in [1.54, 1.807) is 0 Å². The highest BCUT2D eigenvalue weighted by Crippen LogP contribution is 2.65. The van der Waals surface area contributed by atoms with Gasteiger partial charge in [0.05, 0.1) is 5.60 Å². The summed E-state index contributed by atoms with van der Waals surface area (Å²) < 4.78 is 15.1. The Bertz CT molecular complexity index is 526. The van der Waals surface area contributed by atoms with Crippen LogP contribution in [0.5, 0.6) is 0 Å². The van der Waals surface area contributed by atoms with Crippen LogP contribution < -0.4 is 0 Å². The zero-order chi connectivity index (χ0) is 17.3. The van der Waals surface area contributed by atoms with Gasteiger partial charge in [-0.25, -0.2) is 4.39 Å². The lowest BCUT2D eigenvalue weighted by molar-refractivity contribution is -0.125. The summed E-state index contributed by atoms with van der Waals surface area (Å²) >= 11 is 0. The van der Waals surface area contributed by atoms with Gasteiger partial charge in [-0.1, -0.05) is 19.1 Å². The largest absolute Gasteiger partial charge is 0.390 e. The summed E-state index contributed by atoms with van der Waals surface area (Å²) in [7, 11) is 0. The monoisotopic (exact) mass is 334 g/mol. The first-order chi connectivity index (χ1) is 11.2. The summed E-state index contributed by atoms with van der Waals surface area (Å²) in [4.78, 5) is 0. The van der Waals surface area contributed by atoms with Crippen LogP contribution in [0.15, 0.2) is 12.2 Å². The quantitative estimate of drug-likeness (QED) is 0.625. The van der Waals surface area contributed by atoms with E-state index in [9.17, 15) is 5.11 Å². The lowest BCUT2D eigenvalue weighted by atomic mass is 9.48. The second kappa shape index (κ2) is 5.56. The van der Waals surface area contributed by atoms with Gasteiger partial charge in [-0.15, -0.1) is 0 Å². The molecular formula is C22H35FO. The highest BCUT2D eigenvalue weighted by atomic mass is 19.1. The predicted molar refractivity (Wildman–Crippen MR) is 96.3 cm³/mol. The molecule has 0 spiro atoms. The fourth-order valence-corrected chi connectivity index (χ4v) is 7.81. The number of rotatable bonds is 1. The van der Waals surface area contributed by atoms with Crippen molar-refractivity contribution in [3.05, 3.63) is 12.2 Å². The third-order valence-corrected chi connectivity index (χ3v) is 8.84. The number of aliphatic hydroxyl groups is 1. The lowest BCUT2D eigenvalue weighted by Crippen LogP contribution is -2.53. The fraction of sp³-hybridized carbons (Fsp3) is 0.909. The highest BCUT2D eigenvalue weighted by Gasteiger charge is 2.59. The minimum atomic E-state index is -0.700. The van der Waals surface area contributed by atoms with Crippen molar-refractivity contribution >= 4 is 0 Å². The molecule has 0 aromatic rings. The van der Waals surface area contributed by atoms with Crippen molar-refractivity contribution < 1.29 is 9.50 Å². The van der Waals surface area contributed by atoms with Crippen LogP contribution in [0.1, 0.15) is 72.1 Å². The Kier molecular flexibility index (Phi) is 3.95. The molecule has 136 valence electrons. The van der Waals surface area contributed by atoms with Gasteiger partial charge in [-0.3, -0.25) is 0 Å². The molecule has 0 amide bonds. The van der Waals surface area contributed by atoms with E-state index in [1.807, 2.05) is 6.92 Å². The van der Waals surface area contributed by atoms with Gasteiger partial charge >= 0.3 is 0 Å². The molecule has 0 aromatic heterocycles. The van der Waals surface area contributed by atoms with Gasteiger partial charge in [-0.2, -0.15) is 0 Å². The number of alkyl halides is 1. The molecule has 0 unspecified atom stereocenters. The second-order valence-corrected chi connectivity index (χ2v) is 10.3. The van der Waals surface area contributed by atoms with Crippen LogP contribution in [-0.4, -0.2) is 16.9 Å². The summed E-state index contributed by atoms with van der Waals surface area (Å²) in [5.41, 5.74) is 1.07. The summed E-state index contributed by atoms with van der Waals surface area (Å²) in [5.74, 6) is 3.25. The Morgan fingerprint density at radius 3 is 2.38 bits per heavy atom. The molecule has 1 N–H and O–H groups in total. The third kappa shape index (κ3) is 2.42. The Labute approximate surface area is 147 Å². The standard InChI is InChI=1S/C22H35FO/c1-13(2)18-5-6-19-16-11-20(23)17-12-21(3,24)9-7-15(17)14(16)8-10-22(18,19)4/h14-20,24H,1,5-12H2,2-4H3/t14-,15-,16-,17-,18-,19+,20-,21-,22-/m1/s1. The molecule has 0 radical (unpaired) electrons. The second-order valence-electron chi connectivity index (χ2n) is 10.3. The molecule has 0 saturated heterocycles. The average molecular weight is 335 g/mol. The van der Waals surface area contributed by atoms with Crippen molar-refractivity contribution in [1.82, 2.24) is 0 Å². The van der Waals surface area contributed by atoms with E-state index in [2.05, 4.69) is 20.4 Å². The van der Waals surface area contributed by atoms with Crippen molar-refractivity contribution in [3.8, 4) is 0 Å². The molecule has 0 heterocycles. The van der Waals surface area contributed by atoms with E-state index < -0.39 is 11.8 Å². The van der Waals surface area contributed by atoms with Crippen LogP contribution in [0.4, 0.5) is 4.39 Å². The van der Waals surface area contributed by atoms with Gasteiger partial charge in [0.15, 0.2) is 0 Å². The fourth-order valence-electron chi connectivity index (χ4n) is 7.81. The van der Waals surface area contributed by atoms with E-state index in [-0.39, 0.29) is 5.92 Å². The molecule has 4 fully saturated rings. The number of halogens is 1. The maximum absolute atomic E-state index is 15.1. The SMILES string of the molecule is C=C(C)[C@H]1CC[C@H]2[C@@H]3C[C@@H](F)[C@@H]4C[C@](C)(O)CC[C@@H]4[C@H]3CC[C@]12C. The summed E-state index contributed by atoms with van der Waals surface area (Å²) in [5, 5.41) is 10.4. The lowest BCUT2D eigenvalue weighted by Gasteiger charge is -2.57.